The first-order valence-corrected chi connectivity index (χ1v) is 7.37. The minimum Gasteiger partial charge on any atom is -0.492 e. The zero-order valence-corrected chi connectivity index (χ0v) is 11.5. The first-order valence-electron chi connectivity index (χ1n) is 7.37. The summed E-state index contributed by atoms with van der Waals surface area (Å²) >= 11 is 0. The Morgan fingerprint density at radius 1 is 1.32 bits per heavy atom. The summed E-state index contributed by atoms with van der Waals surface area (Å²) in [6.07, 6.45) is 9.13. The predicted molar refractivity (Wildman–Crippen MR) is 74.4 cm³/mol. The molecule has 0 amide bonds. The van der Waals surface area contributed by atoms with Crippen LogP contribution in [0.25, 0.3) is 0 Å². The van der Waals surface area contributed by atoms with Gasteiger partial charge in [-0.3, -0.25) is 16.3 Å². The molecule has 2 saturated carbocycles. The van der Waals surface area contributed by atoms with E-state index in [4.69, 9.17) is 10.6 Å². The lowest BCUT2D eigenvalue weighted by Crippen LogP contribution is -2.35. The Labute approximate surface area is 114 Å². The summed E-state index contributed by atoms with van der Waals surface area (Å²) in [5.74, 6) is 9.05. The van der Waals surface area contributed by atoms with Crippen LogP contribution in [-0.4, -0.2) is 11.6 Å². The molecule has 2 aliphatic carbocycles. The molecule has 3 N–H and O–H groups in total. The smallest absolute Gasteiger partial charge is 0.137 e. The first-order chi connectivity index (χ1) is 9.33. The molecule has 4 nitrogen and oxygen atoms in total. The molecule has 2 fully saturated rings. The average Bonchev–Trinajstić information content (AvgIpc) is 3.28. The predicted octanol–water partition coefficient (Wildman–Crippen LogP) is 2.42. The minimum atomic E-state index is 0.216. The monoisotopic (exact) mass is 261 g/mol. The van der Waals surface area contributed by atoms with Gasteiger partial charge in [0.25, 0.3) is 0 Å². The molecular formula is C15H23N3O. The molecule has 1 aromatic heterocycles. The summed E-state index contributed by atoms with van der Waals surface area (Å²) in [6.45, 7) is 2.66. The van der Waals surface area contributed by atoms with Crippen LogP contribution in [0.15, 0.2) is 18.5 Å². The molecule has 1 unspecified atom stereocenters. The Kier molecular flexibility index (Phi) is 3.71. The lowest BCUT2D eigenvalue weighted by molar-refractivity contribution is 0.287. The van der Waals surface area contributed by atoms with Crippen molar-refractivity contribution in [2.45, 2.75) is 38.6 Å². The van der Waals surface area contributed by atoms with Crippen molar-refractivity contribution < 1.29 is 4.74 Å². The van der Waals surface area contributed by atoms with Crippen LogP contribution < -0.4 is 16.0 Å². The second kappa shape index (κ2) is 5.47. The molecule has 1 heterocycles. The normalized spacial score (nSPS) is 20.6. The fourth-order valence-corrected chi connectivity index (χ4v) is 3.17. The van der Waals surface area contributed by atoms with Gasteiger partial charge in [0, 0.05) is 6.20 Å². The van der Waals surface area contributed by atoms with E-state index in [2.05, 4.69) is 16.5 Å². The van der Waals surface area contributed by atoms with Crippen molar-refractivity contribution in [1.82, 2.24) is 10.4 Å². The summed E-state index contributed by atoms with van der Waals surface area (Å²) in [5, 5.41) is 0. The molecule has 0 aliphatic heterocycles. The molecule has 0 bridgehead atoms. The molecule has 0 aromatic carbocycles. The number of nitrogens with two attached hydrogens (primary N) is 1. The number of nitrogens with one attached hydrogen (secondary N) is 1. The molecule has 1 aromatic rings. The fraction of sp³-hybridized carbons (Fsp3) is 0.667. The SMILES string of the molecule is CCOc1cncc(C(NN)C(C2CC2)C2CC2)c1. The van der Waals surface area contributed by atoms with Gasteiger partial charge >= 0.3 is 0 Å². The van der Waals surface area contributed by atoms with Crippen LogP contribution in [0.5, 0.6) is 5.75 Å². The van der Waals surface area contributed by atoms with E-state index in [1.165, 1.54) is 25.7 Å². The van der Waals surface area contributed by atoms with Crippen molar-refractivity contribution in [3.8, 4) is 5.75 Å². The molecule has 3 rings (SSSR count). The average molecular weight is 261 g/mol. The van der Waals surface area contributed by atoms with E-state index in [-0.39, 0.29) is 6.04 Å². The highest BCUT2D eigenvalue weighted by atomic mass is 16.5. The van der Waals surface area contributed by atoms with E-state index in [1.54, 1.807) is 6.20 Å². The third kappa shape index (κ3) is 2.90. The molecule has 0 radical (unpaired) electrons. The quantitative estimate of drug-likeness (QED) is 0.584. The van der Waals surface area contributed by atoms with Gasteiger partial charge in [0.2, 0.25) is 0 Å². The summed E-state index contributed by atoms with van der Waals surface area (Å²) in [7, 11) is 0. The number of hydrazine groups is 1. The third-order valence-corrected chi connectivity index (χ3v) is 4.30. The molecule has 1 atom stereocenters. The highest BCUT2D eigenvalue weighted by Gasteiger charge is 2.45. The highest BCUT2D eigenvalue weighted by Crippen LogP contribution is 2.53. The lowest BCUT2D eigenvalue weighted by Gasteiger charge is -2.27. The standard InChI is InChI=1S/C15H23N3O/c1-2-19-13-7-12(8-17-9-13)15(18-16)14(10-3-4-10)11-5-6-11/h7-11,14-15,18H,2-6,16H2,1H3. The van der Waals surface area contributed by atoms with Crippen LogP contribution >= 0.6 is 0 Å². The number of hydrogen-bond donors (Lipinski definition) is 2. The number of aromatic nitrogens is 1. The maximum atomic E-state index is 5.84. The Morgan fingerprint density at radius 3 is 2.53 bits per heavy atom. The van der Waals surface area contributed by atoms with E-state index in [0.717, 1.165) is 23.1 Å². The molecule has 2 aliphatic rings. The van der Waals surface area contributed by atoms with E-state index in [9.17, 15) is 0 Å². The van der Waals surface area contributed by atoms with Gasteiger partial charge < -0.3 is 4.74 Å². The van der Waals surface area contributed by atoms with Gasteiger partial charge in [0.05, 0.1) is 18.8 Å². The Hall–Kier alpha value is -1.13. The largest absolute Gasteiger partial charge is 0.492 e. The fourth-order valence-electron chi connectivity index (χ4n) is 3.17. The highest BCUT2D eigenvalue weighted by molar-refractivity contribution is 5.27. The van der Waals surface area contributed by atoms with Gasteiger partial charge in [-0.25, -0.2) is 0 Å². The number of hydrogen-bond acceptors (Lipinski definition) is 4. The number of rotatable bonds is 7. The van der Waals surface area contributed by atoms with Crippen LogP contribution in [0.4, 0.5) is 0 Å². The first kappa shape index (κ1) is 12.9. The van der Waals surface area contributed by atoms with Crippen LogP contribution in [0, 0.1) is 17.8 Å². The van der Waals surface area contributed by atoms with Crippen molar-refractivity contribution in [3.05, 3.63) is 24.0 Å². The van der Waals surface area contributed by atoms with Crippen LogP contribution in [0.2, 0.25) is 0 Å². The van der Waals surface area contributed by atoms with E-state index >= 15 is 0 Å². The van der Waals surface area contributed by atoms with Crippen LogP contribution in [0.1, 0.15) is 44.2 Å². The molecule has 19 heavy (non-hydrogen) atoms. The molecule has 0 saturated heterocycles. The topological polar surface area (TPSA) is 60.2 Å². The van der Waals surface area contributed by atoms with Crippen LogP contribution in [0.3, 0.4) is 0 Å². The van der Waals surface area contributed by atoms with Gasteiger partial charge in [-0.05, 0) is 62.0 Å². The van der Waals surface area contributed by atoms with Crippen molar-refractivity contribution in [2.24, 2.45) is 23.6 Å². The van der Waals surface area contributed by atoms with Crippen molar-refractivity contribution in [1.29, 1.82) is 0 Å². The molecule has 0 spiro atoms. The molecule has 104 valence electrons. The lowest BCUT2D eigenvalue weighted by atomic mass is 9.86. The second-order valence-electron chi connectivity index (χ2n) is 5.78. The van der Waals surface area contributed by atoms with Crippen LogP contribution in [-0.2, 0) is 0 Å². The second-order valence-corrected chi connectivity index (χ2v) is 5.78. The number of pyridine rings is 1. The Morgan fingerprint density at radius 2 is 2.00 bits per heavy atom. The molecular weight excluding hydrogens is 238 g/mol. The number of nitrogens with zero attached hydrogens (tertiary/aromatic N) is 1. The zero-order valence-electron chi connectivity index (χ0n) is 11.5. The van der Waals surface area contributed by atoms with Gasteiger partial charge in [-0.15, -0.1) is 0 Å². The van der Waals surface area contributed by atoms with Gasteiger partial charge in [0.15, 0.2) is 0 Å². The van der Waals surface area contributed by atoms with Gasteiger partial charge in [0.1, 0.15) is 5.75 Å². The van der Waals surface area contributed by atoms with E-state index < -0.39 is 0 Å². The molecule has 4 heteroatoms. The van der Waals surface area contributed by atoms with E-state index in [0.29, 0.717) is 12.5 Å². The van der Waals surface area contributed by atoms with Gasteiger partial charge in [-0.1, -0.05) is 0 Å². The van der Waals surface area contributed by atoms with Crippen molar-refractivity contribution in [3.63, 3.8) is 0 Å². The van der Waals surface area contributed by atoms with Gasteiger partial charge in [-0.2, -0.15) is 0 Å². The maximum absolute atomic E-state index is 5.84. The number of ether oxygens (including phenoxy) is 1. The van der Waals surface area contributed by atoms with Crippen molar-refractivity contribution in [2.75, 3.05) is 6.61 Å². The summed E-state index contributed by atoms with van der Waals surface area (Å²) in [6, 6.07) is 2.30. The third-order valence-electron chi connectivity index (χ3n) is 4.30. The zero-order chi connectivity index (χ0) is 13.2. The maximum Gasteiger partial charge on any atom is 0.137 e. The summed E-state index contributed by atoms with van der Waals surface area (Å²) < 4.78 is 5.54. The Bertz CT molecular complexity index is 417. The summed E-state index contributed by atoms with van der Waals surface area (Å²) in [4.78, 5) is 4.29. The Balaban J connectivity index is 1.81. The minimum absolute atomic E-state index is 0.216. The van der Waals surface area contributed by atoms with E-state index in [1.807, 2.05) is 13.1 Å². The summed E-state index contributed by atoms with van der Waals surface area (Å²) in [5.41, 5.74) is 4.20. The van der Waals surface area contributed by atoms with Crippen molar-refractivity contribution >= 4 is 0 Å².